The van der Waals surface area contributed by atoms with Crippen molar-refractivity contribution in [3.05, 3.63) is 91.3 Å². The Morgan fingerprint density at radius 2 is 1.92 bits per heavy atom. The highest BCUT2D eigenvalue weighted by molar-refractivity contribution is 7.09. The number of hydrogen-bond donors (Lipinski definition) is 0. The number of benzene rings is 2. The number of para-hydroxylation sites is 1. The van der Waals surface area contributed by atoms with Gasteiger partial charge in [0.2, 0.25) is 0 Å². The van der Waals surface area contributed by atoms with E-state index in [1.807, 2.05) is 37.3 Å². The van der Waals surface area contributed by atoms with Gasteiger partial charge >= 0.3 is 11.3 Å². The van der Waals surface area contributed by atoms with Crippen molar-refractivity contribution < 1.29 is 18.3 Å². The highest BCUT2D eigenvalue weighted by atomic mass is 32.1. The van der Waals surface area contributed by atoms with Gasteiger partial charge in [0, 0.05) is 40.4 Å². The van der Waals surface area contributed by atoms with Crippen molar-refractivity contribution in [3.63, 3.8) is 0 Å². The maximum Gasteiger partial charge on any atom is 0.344 e. The second-order valence-corrected chi connectivity index (χ2v) is 9.64. The maximum atomic E-state index is 13.1. The van der Waals surface area contributed by atoms with Gasteiger partial charge in [-0.15, -0.1) is 11.3 Å². The number of ether oxygens (including phenoxy) is 2. The summed E-state index contributed by atoms with van der Waals surface area (Å²) in [5, 5.41) is 3.44. The minimum atomic E-state index is -0.548. The third-order valence-electron chi connectivity index (χ3n) is 6.33. The molecule has 1 aliphatic heterocycles. The highest BCUT2D eigenvalue weighted by Crippen LogP contribution is 2.36. The second kappa shape index (κ2) is 9.29. The zero-order valence-corrected chi connectivity index (χ0v) is 20.4. The first-order valence-corrected chi connectivity index (χ1v) is 12.7. The molecule has 2 aromatic carbocycles. The van der Waals surface area contributed by atoms with Crippen LogP contribution in [-0.2, 0) is 13.0 Å². The summed E-state index contributed by atoms with van der Waals surface area (Å²) in [6.45, 7) is 4.18. The molecule has 36 heavy (non-hydrogen) atoms. The predicted molar refractivity (Wildman–Crippen MR) is 139 cm³/mol. The van der Waals surface area contributed by atoms with Gasteiger partial charge in [-0.25, -0.2) is 9.59 Å². The first-order valence-electron chi connectivity index (χ1n) is 11.8. The third-order valence-corrected chi connectivity index (χ3v) is 7.26. The second-order valence-electron chi connectivity index (χ2n) is 8.61. The average molecular weight is 502 g/mol. The predicted octanol–water partition coefficient (Wildman–Crippen LogP) is 5.42. The van der Waals surface area contributed by atoms with Crippen molar-refractivity contribution in [1.29, 1.82) is 0 Å². The molecule has 7 nitrogen and oxygen atoms in total. The van der Waals surface area contributed by atoms with Crippen molar-refractivity contribution in [2.75, 3.05) is 19.9 Å². The van der Waals surface area contributed by atoms with Crippen LogP contribution in [0.1, 0.15) is 17.4 Å². The van der Waals surface area contributed by atoms with Crippen LogP contribution in [0.5, 0.6) is 11.5 Å². The number of fused-ring (bicyclic) bond motifs is 4. The Bertz CT molecular complexity index is 1690. The maximum absolute atomic E-state index is 13.1. The number of nitrogens with zero attached hydrogens (tertiary/aromatic N) is 1. The lowest BCUT2D eigenvalue weighted by Gasteiger charge is -2.29. The lowest BCUT2D eigenvalue weighted by molar-refractivity contribution is 0.0970. The molecule has 0 spiro atoms. The Hall–Kier alpha value is -3.88. The van der Waals surface area contributed by atoms with E-state index in [1.165, 1.54) is 10.9 Å². The van der Waals surface area contributed by atoms with Gasteiger partial charge in [0.1, 0.15) is 18.1 Å². The van der Waals surface area contributed by atoms with Gasteiger partial charge in [0.15, 0.2) is 11.3 Å². The van der Waals surface area contributed by atoms with E-state index in [0.717, 1.165) is 18.5 Å². The third kappa shape index (κ3) is 4.08. The van der Waals surface area contributed by atoms with Crippen LogP contribution in [-0.4, -0.2) is 24.8 Å². The standard InChI is InChI=1S/C28H23NO6S/c1-2-32-24-7-3-5-17-13-21(28(31)35-26(17)24)20-14-25(30)34-27-19(20)8-9-23-22(27)15-29(16-33-23)11-10-18-6-4-12-36-18/h3-9,12-14H,2,10-11,15-16H2,1H3. The summed E-state index contributed by atoms with van der Waals surface area (Å²) >= 11 is 1.73. The number of rotatable bonds is 6. The van der Waals surface area contributed by atoms with Gasteiger partial charge < -0.3 is 18.3 Å². The molecule has 0 atom stereocenters. The normalized spacial score (nSPS) is 13.6. The molecular formula is C28H23NO6S. The van der Waals surface area contributed by atoms with Crippen LogP contribution in [0.4, 0.5) is 0 Å². The molecule has 6 rings (SSSR count). The molecule has 182 valence electrons. The minimum Gasteiger partial charge on any atom is -0.490 e. The Balaban J connectivity index is 1.44. The topological polar surface area (TPSA) is 82.1 Å². The van der Waals surface area contributed by atoms with Crippen molar-refractivity contribution in [2.24, 2.45) is 0 Å². The molecule has 0 radical (unpaired) electrons. The number of hydrogen-bond acceptors (Lipinski definition) is 8. The lowest BCUT2D eigenvalue weighted by atomic mass is 9.99. The Labute approximate surface area is 210 Å². The number of thiophene rings is 1. The molecule has 8 heteroatoms. The monoisotopic (exact) mass is 501 g/mol. The molecular weight excluding hydrogens is 478 g/mol. The quantitative estimate of drug-likeness (QED) is 0.287. The average Bonchev–Trinajstić information content (AvgIpc) is 3.41. The van der Waals surface area contributed by atoms with Crippen molar-refractivity contribution in [3.8, 4) is 22.6 Å². The minimum absolute atomic E-state index is 0.292. The van der Waals surface area contributed by atoms with E-state index in [-0.39, 0.29) is 0 Å². The molecule has 5 aromatic rings. The van der Waals surface area contributed by atoms with Crippen molar-refractivity contribution >= 4 is 33.3 Å². The Morgan fingerprint density at radius 3 is 2.75 bits per heavy atom. The van der Waals surface area contributed by atoms with Gasteiger partial charge in [-0.1, -0.05) is 18.2 Å². The molecule has 4 heterocycles. The van der Waals surface area contributed by atoms with Crippen LogP contribution in [0.15, 0.2) is 78.4 Å². The largest absolute Gasteiger partial charge is 0.490 e. The van der Waals surface area contributed by atoms with E-state index >= 15 is 0 Å². The Kier molecular flexibility index (Phi) is 5.83. The van der Waals surface area contributed by atoms with Crippen molar-refractivity contribution in [1.82, 2.24) is 4.90 Å². The zero-order valence-electron chi connectivity index (χ0n) is 19.6. The van der Waals surface area contributed by atoms with Crippen LogP contribution in [0.25, 0.3) is 33.1 Å². The van der Waals surface area contributed by atoms with Crippen LogP contribution >= 0.6 is 11.3 Å². The lowest BCUT2D eigenvalue weighted by Crippen LogP contribution is -2.33. The van der Waals surface area contributed by atoms with E-state index < -0.39 is 11.3 Å². The summed E-state index contributed by atoms with van der Waals surface area (Å²) in [6, 6.07) is 16.4. The molecule has 0 saturated heterocycles. The molecule has 0 aliphatic carbocycles. The van der Waals surface area contributed by atoms with E-state index in [4.69, 9.17) is 18.3 Å². The molecule has 0 fully saturated rings. The molecule has 0 bridgehead atoms. The first-order chi connectivity index (χ1) is 17.6. The molecule has 0 amide bonds. The fourth-order valence-electron chi connectivity index (χ4n) is 4.64. The zero-order chi connectivity index (χ0) is 24.6. The van der Waals surface area contributed by atoms with Crippen LogP contribution < -0.4 is 20.7 Å². The first kappa shape index (κ1) is 22.6. The van der Waals surface area contributed by atoms with Crippen LogP contribution in [0.3, 0.4) is 0 Å². The SMILES string of the molecule is CCOc1cccc2cc(-c3cc(=O)oc4c5c(ccc34)OCN(CCc3cccs3)C5)c(=O)oc12. The summed E-state index contributed by atoms with van der Waals surface area (Å²) < 4.78 is 23.0. The Morgan fingerprint density at radius 1 is 1.00 bits per heavy atom. The smallest absolute Gasteiger partial charge is 0.344 e. The van der Waals surface area contributed by atoms with Gasteiger partial charge in [0.25, 0.3) is 0 Å². The van der Waals surface area contributed by atoms with E-state index in [2.05, 4.69) is 16.3 Å². The molecule has 1 aliphatic rings. The van der Waals surface area contributed by atoms with Gasteiger partial charge in [-0.2, -0.15) is 0 Å². The van der Waals surface area contributed by atoms with Gasteiger partial charge in [-0.3, -0.25) is 4.90 Å². The molecule has 0 saturated carbocycles. The summed E-state index contributed by atoms with van der Waals surface area (Å²) in [4.78, 5) is 29.2. The van der Waals surface area contributed by atoms with Crippen LogP contribution in [0.2, 0.25) is 0 Å². The van der Waals surface area contributed by atoms with Crippen LogP contribution in [0, 0.1) is 0 Å². The molecule has 0 unspecified atom stereocenters. The summed E-state index contributed by atoms with van der Waals surface area (Å²) in [6.07, 6.45) is 0.915. The van der Waals surface area contributed by atoms with Gasteiger partial charge in [-0.05, 0) is 49.1 Å². The van der Waals surface area contributed by atoms with E-state index in [0.29, 0.717) is 64.4 Å². The fourth-order valence-corrected chi connectivity index (χ4v) is 5.34. The van der Waals surface area contributed by atoms with Gasteiger partial charge in [0.05, 0.1) is 17.7 Å². The van der Waals surface area contributed by atoms with Crippen molar-refractivity contribution in [2.45, 2.75) is 19.9 Å². The fraction of sp³-hybridized carbons (Fsp3) is 0.214. The molecule has 3 aromatic heterocycles. The summed E-state index contributed by atoms with van der Waals surface area (Å²) in [5.74, 6) is 1.19. The van der Waals surface area contributed by atoms with E-state index in [1.54, 1.807) is 23.5 Å². The summed E-state index contributed by atoms with van der Waals surface area (Å²) in [5.41, 5.74) is 1.29. The highest BCUT2D eigenvalue weighted by Gasteiger charge is 2.24. The molecule has 0 N–H and O–H groups in total. The van der Waals surface area contributed by atoms with E-state index in [9.17, 15) is 9.59 Å². The summed E-state index contributed by atoms with van der Waals surface area (Å²) in [7, 11) is 0.